The summed E-state index contributed by atoms with van der Waals surface area (Å²) in [6.45, 7) is 1.38. The van der Waals surface area contributed by atoms with E-state index in [9.17, 15) is 23.2 Å². The topological polar surface area (TPSA) is 76.3 Å². The summed E-state index contributed by atoms with van der Waals surface area (Å²) in [6.07, 6.45) is 0. The summed E-state index contributed by atoms with van der Waals surface area (Å²) < 4.78 is 30.4. The van der Waals surface area contributed by atoms with Gasteiger partial charge in [-0.1, -0.05) is 12.1 Å². The molecule has 9 heteroatoms. The predicted octanol–water partition coefficient (Wildman–Crippen LogP) is 2.17. The van der Waals surface area contributed by atoms with Crippen LogP contribution in [0.15, 0.2) is 46.0 Å². The fourth-order valence-electron chi connectivity index (χ4n) is 3.21. The smallest absolute Gasteiger partial charge is 0.331 e. The zero-order valence-corrected chi connectivity index (χ0v) is 16.2. The standard InChI is InChI=1S/C20H20F2N4O3/c1-4-25-19(28)13-7-5-6-8-16(13)26(20(25)29)11-17(27)23-12-9-14(21)18(24(2)3)15(22)10-12/h5-10H,4,11H2,1-3H3,(H,23,27). The third kappa shape index (κ3) is 3.75. The summed E-state index contributed by atoms with van der Waals surface area (Å²) in [5.41, 5.74) is -1.06. The van der Waals surface area contributed by atoms with E-state index in [1.807, 2.05) is 0 Å². The van der Waals surface area contributed by atoms with Crippen molar-refractivity contribution >= 4 is 28.2 Å². The Bertz CT molecular complexity index is 1190. The summed E-state index contributed by atoms with van der Waals surface area (Å²) in [4.78, 5) is 38.9. The fourth-order valence-corrected chi connectivity index (χ4v) is 3.21. The fraction of sp³-hybridized carbons (Fsp3) is 0.250. The summed E-state index contributed by atoms with van der Waals surface area (Å²) in [6, 6.07) is 8.46. The van der Waals surface area contributed by atoms with Crippen molar-refractivity contribution in [2.24, 2.45) is 0 Å². The molecule has 0 bridgehead atoms. The van der Waals surface area contributed by atoms with E-state index in [4.69, 9.17) is 0 Å². The van der Waals surface area contributed by atoms with Gasteiger partial charge in [0, 0.05) is 26.3 Å². The molecule has 0 spiro atoms. The molecule has 1 heterocycles. The highest BCUT2D eigenvalue weighted by Crippen LogP contribution is 2.25. The first-order valence-corrected chi connectivity index (χ1v) is 8.93. The van der Waals surface area contributed by atoms with E-state index in [0.717, 1.165) is 21.3 Å². The van der Waals surface area contributed by atoms with Gasteiger partial charge in [-0.05, 0) is 31.2 Å². The van der Waals surface area contributed by atoms with Crippen molar-refractivity contribution in [3.8, 4) is 0 Å². The minimum atomic E-state index is -0.826. The van der Waals surface area contributed by atoms with Crippen molar-refractivity contribution in [1.29, 1.82) is 0 Å². The maximum absolute atomic E-state index is 14.1. The Kier molecular flexibility index (Phi) is 5.49. The van der Waals surface area contributed by atoms with Crippen LogP contribution in [-0.2, 0) is 17.9 Å². The molecule has 0 saturated heterocycles. The molecule has 3 aromatic rings. The molecule has 0 aliphatic heterocycles. The lowest BCUT2D eigenvalue weighted by Crippen LogP contribution is -2.41. The van der Waals surface area contributed by atoms with Gasteiger partial charge < -0.3 is 10.2 Å². The monoisotopic (exact) mass is 402 g/mol. The van der Waals surface area contributed by atoms with Crippen LogP contribution in [0.1, 0.15) is 6.92 Å². The van der Waals surface area contributed by atoms with Gasteiger partial charge in [0.1, 0.15) is 12.2 Å². The number of aromatic nitrogens is 2. The van der Waals surface area contributed by atoms with Crippen molar-refractivity contribution in [3.63, 3.8) is 0 Å². The number of nitrogens with one attached hydrogen (secondary N) is 1. The van der Waals surface area contributed by atoms with Crippen LogP contribution < -0.4 is 21.5 Å². The lowest BCUT2D eigenvalue weighted by molar-refractivity contribution is -0.116. The zero-order valence-electron chi connectivity index (χ0n) is 16.2. The van der Waals surface area contributed by atoms with E-state index < -0.39 is 35.3 Å². The van der Waals surface area contributed by atoms with Crippen LogP contribution in [0.3, 0.4) is 0 Å². The number of carbonyl (C=O) groups is 1. The summed E-state index contributed by atoms with van der Waals surface area (Å²) in [5.74, 6) is -2.31. The number of hydrogen-bond donors (Lipinski definition) is 1. The Labute approximate surface area is 164 Å². The average molecular weight is 402 g/mol. The van der Waals surface area contributed by atoms with Gasteiger partial charge in [0.25, 0.3) is 5.56 Å². The molecule has 1 N–H and O–H groups in total. The van der Waals surface area contributed by atoms with Crippen LogP contribution >= 0.6 is 0 Å². The Balaban J connectivity index is 1.97. The number of benzene rings is 2. The number of anilines is 2. The van der Waals surface area contributed by atoms with Gasteiger partial charge in [-0.2, -0.15) is 0 Å². The van der Waals surface area contributed by atoms with E-state index in [0.29, 0.717) is 10.9 Å². The van der Waals surface area contributed by atoms with Crippen LogP contribution in [0, 0.1) is 11.6 Å². The Morgan fingerprint density at radius 3 is 2.28 bits per heavy atom. The van der Waals surface area contributed by atoms with Crippen LogP contribution in [0.5, 0.6) is 0 Å². The molecule has 0 radical (unpaired) electrons. The Morgan fingerprint density at radius 2 is 1.69 bits per heavy atom. The van der Waals surface area contributed by atoms with Crippen LogP contribution in [0.2, 0.25) is 0 Å². The highest BCUT2D eigenvalue weighted by Gasteiger charge is 2.17. The van der Waals surface area contributed by atoms with Gasteiger partial charge in [-0.15, -0.1) is 0 Å². The zero-order chi connectivity index (χ0) is 21.3. The second-order valence-corrected chi connectivity index (χ2v) is 6.67. The molecule has 3 rings (SSSR count). The molecule has 1 amide bonds. The minimum Gasteiger partial charge on any atom is -0.373 e. The number of para-hydroxylation sites is 1. The molecule has 0 aliphatic carbocycles. The largest absolute Gasteiger partial charge is 0.373 e. The average Bonchev–Trinajstić information content (AvgIpc) is 2.64. The van der Waals surface area contributed by atoms with E-state index in [1.54, 1.807) is 31.2 Å². The van der Waals surface area contributed by atoms with E-state index >= 15 is 0 Å². The van der Waals surface area contributed by atoms with Gasteiger partial charge in [0.2, 0.25) is 5.91 Å². The molecular weight excluding hydrogens is 382 g/mol. The molecule has 0 aliphatic rings. The maximum Gasteiger partial charge on any atom is 0.331 e. The molecule has 0 saturated carbocycles. The summed E-state index contributed by atoms with van der Waals surface area (Å²) >= 11 is 0. The van der Waals surface area contributed by atoms with Crippen molar-refractivity contribution < 1.29 is 13.6 Å². The third-order valence-electron chi connectivity index (χ3n) is 4.50. The Hall–Kier alpha value is -3.49. The number of rotatable bonds is 5. The molecule has 2 aromatic carbocycles. The highest BCUT2D eigenvalue weighted by atomic mass is 19.1. The van der Waals surface area contributed by atoms with Crippen LogP contribution in [-0.4, -0.2) is 29.1 Å². The maximum atomic E-state index is 14.1. The number of hydrogen-bond acceptors (Lipinski definition) is 4. The summed E-state index contributed by atoms with van der Waals surface area (Å²) in [7, 11) is 3.00. The second-order valence-electron chi connectivity index (χ2n) is 6.67. The molecule has 0 atom stereocenters. The first-order chi connectivity index (χ1) is 13.7. The van der Waals surface area contributed by atoms with E-state index in [1.165, 1.54) is 19.0 Å². The van der Waals surface area contributed by atoms with Crippen molar-refractivity contribution in [2.75, 3.05) is 24.3 Å². The van der Waals surface area contributed by atoms with Gasteiger partial charge in [-0.25, -0.2) is 13.6 Å². The molecule has 0 fully saturated rings. The predicted molar refractivity (Wildman–Crippen MR) is 107 cm³/mol. The Morgan fingerprint density at radius 1 is 1.07 bits per heavy atom. The molecule has 7 nitrogen and oxygen atoms in total. The second kappa shape index (κ2) is 7.86. The van der Waals surface area contributed by atoms with Crippen molar-refractivity contribution in [1.82, 2.24) is 9.13 Å². The number of halogens is 2. The number of carbonyl (C=O) groups excluding carboxylic acids is 1. The highest BCUT2D eigenvalue weighted by molar-refractivity contribution is 5.92. The quantitative estimate of drug-likeness (QED) is 0.710. The molecule has 29 heavy (non-hydrogen) atoms. The first kappa shape index (κ1) is 20.2. The first-order valence-electron chi connectivity index (χ1n) is 8.93. The van der Waals surface area contributed by atoms with Crippen LogP contribution in [0.25, 0.3) is 10.9 Å². The van der Waals surface area contributed by atoms with Crippen molar-refractivity contribution in [3.05, 3.63) is 68.9 Å². The lowest BCUT2D eigenvalue weighted by Gasteiger charge is -2.16. The number of fused-ring (bicyclic) bond motifs is 1. The number of amides is 1. The SMILES string of the molecule is CCn1c(=O)c2ccccc2n(CC(=O)Nc2cc(F)c(N(C)C)c(F)c2)c1=O. The normalized spacial score (nSPS) is 10.9. The molecule has 1 aromatic heterocycles. The molecule has 152 valence electrons. The van der Waals surface area contributed by atoms with Crippen molar-refractivity contribution in [2.45, 2.75) is 20.0 Å². The van der Waals surface area contributed by atoms with Gasteiger partial charge in [0.15, 0.2) is 11.6 Å². The molecular formula is C20H20F2N4O3. The third-order valence-corrected chi connectivity index (χ3v) is 4.50. The molecule has 0 unspecified atom stereocenters. The minimum absolute atomic E-state index is 0.0724. The van der Waals surface area contributed by atoms with E-state index in [2.05, 4.69) is 5.32 Å². The lowest BCUT2D eigenvalue weighted by atomic mass is 10.2. The summed E-state index contributed by atoms with van der Waals surface area (Å²) in [5, 5.41) is 2.70. The van der Waals surface area contributed by atoms with Gasteiger partial charge in [-0.3, -0.25) is 18.7 Å². The number of nitrogens with zero attached hydrogens (tertiary/aromatic N) is 3. The van der Waals surface area contributed by atoms with Crippen LogP contribution in [0.4, 0.5) is 20.2 Å². The van der Waals surface area contributed by atoms with Gasteiger partial charge in [0.05, 0.1) is 10.9 Å². The van der Waals surface area contributed by atoms with Gasteiger partial charge >= 0.3 is 5.69 Å². The van der Waals surface area contributed by atoms with E-state index in [-0.39, 0.29) is 17.9 Å².